The van der Waals surface area contributed by atoms with Gasteiger partial charge >= 0.3 is 11.9 Å². The number of hydrogen-bond donors (Lipinski definition) is 1. The summed E-state index contributed by atoms with van der Waals surface area (Å²) in [6.45, 7) is 5.68. The summed E-state index contributed by atoms with van der Waals surface area (Å²) < 4.78 is 21.6. The summed E-state index contributed by atoms with van der Waals surface area (Å²) in [4.78, 5) is 39.6. The summed E-state index contributed by atoms with van der Waals surface area (Å²) in [5.41, 5.74) is -1.37. The number of allylic oxidation sites excluding steroid dienone is 2. The Balaban J connectivity index is 2.47. The lowest BCUT2D eigenvalue weighted by atomic mass is 9.53. The van der Waals surface area contributed by atoms with Gasteiger partial charge in [0.1, 0.15) is 18.6 Å². The maximum absolute atomic E-state index is 14.5. The Hall–Kier alpha value is -4.02. The molecule has 0 amide bonds. The predicted octanol–water partition coefficient (Wildman–Crippen LogP) is 4.21. The topological polar surface area (TPSA) is 126 Å². The van der Waals surface area contributed by atoms with Crippen LogP contribution < -0.4 is 5.32 Å². The normalized spacial score (nSPS) is 22.6. The van der Waals surface area contributed by atoms with Gasteiger partial charge in [-0.2, -0.15) is 0 Å². The van der Waals surface area contributed by atoms with E-state index in [1.54, 1.807) is 37.3 Å². The molecule has 214 valence electrons. The highest BCUT2D eigenvalue weighted by atomic mass is 16.6. The first-order valence-electron chi connectivity index (χ1n) is 12.9. The van der Waals surface area contributed by atoms with Crippen molar-refractivity contribution in [1.29, 1.82) is 0 Å². The fourth-order valence-electron chi connectivity index (χ4n) is 5.54. The Kier molecular flexibility index (Phi) is 10.2. The van der Waals surface area contributed by atoms with E-state index in [-0.39, 0.29) is 37.7 Å². The third-order valence-electron chi connectivity index (χ3n) is 7.12. The van der Waals surface area contributed by atoms with E-state index < -0.39 is 33.7 Å². The minimum Gasteiger partial charge on any atom is -0.462 e. The van der Waals surface area contributed by atoms with Crippen molar-refractivity contribution < 1.29 is 33.5 Å². The summed E-state index contributed by atoms with van der Waals surface area (Å²) >= 11 is 0. The molecule has 3 atom stereocenters. The average molecular weight is 553 g/mol. The molecule has 0 aliphatic carbocycles. The van der Waals surface area contributed by atoms with Crippen molar-refractivity contribution in [2.24, 2.45) is 0 Å². The van der Waals surface area contributed by atoms with Gasteiger partial charge < -0.3 is 24.3 Å². The Morgan fingerprint density at radius 2 is 1.65 bits per heavy atom. The molecule has 1 aliphatic heterocycles. The number of esters is 2. The van der Waals surface area contributed by atoms with Crippen molar-refractivity contribution >= 4 is 17.6 Å². The molecule has 3 unspecified atom stereocenters. The largest absolute Gasteiger partial charge is 0.462 e. The third kappa shape index (κ3) is 5.78. The van der Waals surface area contributed by atoms with Gasteiger partial charge in [0.05, 0.1) is 29.2 Å². The molecule has 1 N–H and O–H groups in total. The van der Waals surface area contributed by atoms with Gasteiger partial charge in [-0.05, 0) is 31.9 Å². The number of nitro benzene ring substituents is 1. The molecule has 3 rings (SSSR count). The Morgan fingerprint density at radius 3 is 2.25 bits per heavy atom. The van der Waals surface area contributed by atoms with Crippen LogP contribution in [-0.2, 0) is 34.0 Å². The molecule has 1 heterocycles. The molecule has 0 aromatic heterocycles. The molecule has 0 bridgehead atoms. The predicted molar refractivity (Wildman–Crippen MR) is 149 cm³/mol. The number of carbonyl (C=O) groups excluding carboxylic acids is 2. The van der Waals surface area contributed by atoms with Crippen molar-refractivity contribution in [3.63, 3.8) is 0 Å². The van der Waals surface area contributed by atoms with E-state index >= 15 is 0 Å². The van der Waals surface area contributed by atoms with Crippen LogP contribution in [0.1, 0.15) is 37.8 Å². The molecule has 0 spiro atoms. The van der Waals surface area contributed by atoms with Gasteiger partial charge in [0.2, 0.25) is 0 Å². The van der Waals surface area contributed by atoms with Crippen LogP contribution in [0.2, 0.25) is 0 Å². The van der Waals surface area contributed by atoms with Crippen LogP contribution in [-0.4, -0.2) is 63.0 Å². The van der Waals surface area contributed by atoms with Crippen LogP contribution in [0, 0.1) is 10.1 Å². The molecule has 2 aromatic rings. The monoisotopic (exact) mass is 552 g/mol. The molecular weight excluding hydrogens is 516 g/mol. The summed E-state index contributed by atoms with van der Waals surface area (Å²) in [7, 11) is 2.99. The SMILES string of the molecule is CC=CC1(C)NC(C)=C(C(=O)OCCOC)C(c2cccc([N+](=O)[O-])c2)C1(C(=O)OCCOC)c1ccccc1. The van der Waals surface area contributed by atoms with E-state index in [4.69, 9.17) is 18.9 Å². The highest BCUT2D eigenvalue weighted by Gasteiger charge is 2.64. The lowest BCUT2D eigenvalue weighted by Crippen LogP contribution is -2.67. The third-order valence-corrected chi connectivity index (χ3v) is 7.12. The number of rotatable bonds is 12. The lowest BCUT2D eigenvalue weighted by molar-refractivity contribution is -0.384. The average Bonchev–Trinajstić information content (AvgIpc) is 2.93. The van der Waals surface area contributed by atoms with Gasteiger partial charge in [-0.25, -0.2) is 4.79 Å². The fraction of sp³-hybridized carbons (Fsp3) is 0.400. The second kappa shape index (κ2) is 13.4. The maximum Gasteiger partial charge on any atom is 0.336 e. The first-order valence-corrected chi connectivity index (χ1v) is 12.9. The summed E-state index contributed by atoms with van der Waals surface area (Å²) in [5, 5.41) is 15.2. The Labute approximate surface area is 234 Å². The van der Waals surface area contributed by atoms with E-state index in [1.165, 1.54) is 32.4 Å². The summed E-state index contributed by atoms with van der Waals surface area (Å²) in [6, 6.07) is 15.0. The van der Waals surface area contributed by atoms with Gasteiger partial charge in [-0.1, -0.05) is 54.6 Å². The second-order valence-corrected chi connectivity index (χ2v) is 9.58. The van der Waals surface area contributed by atoms with Gasteiger partial charge in [0.25, 0.3) is 5.69 Å². The van der Waals surface area contributed by atoms with Crippen LogP contribution in [0.5, 0.6) is 0 Å². The van der Waals surface area contributed by atoms with Crippen LogP contribution >= 0.6 is 0 Å². The number of nitrogens with one attached hydrogen (secondary N) is 1. The van der Waals surface area contributed by atoms with E-state index in [0.29, 0.717) is 16.8 Å². The van der Waals surface area contributed by atoms with Crippen LogP contribution in [0.3, 0.4) is 0 Å². The maximum atomic E-state index is 14.5. The van der Waals surface area contributed by atoms with Crippen molar-refractivity contribution in [2.75, 3.05) is 40.6 Å². The quantitative estimate of drug-likeness (QED) is 0.135. The van der Waals surface area contributed by atoms with E-state index in [9.17, 15) is 19.7 Å². The molecular formula is C30H36N2O8. The number of methoxy groups -OCH3 is 2. The van der Waals surface area contributed by atoms with Gasteiger partial charge in [0, 0.05) is 38.0 Å². The second-order valence-electron chi connectivity index (χ2n) is 9.58. The minimum absolute atomic E-state index is 0.0173. The zero-order chi connectivity index (χ0) is 29.3. The molecule has 10 heteroatoms. The van der Waals surface area contributed by atoms with Crippen LogP contribution in [0.15, 0.2) is 78.0 Å². The smallest absolute Gasteiger partial charge is 0.336 e. The fourth-order valence-corrected chi connectivity index (χ4v) is 5.54. The highest BCUT2D eigenvalue weighted by molar-refractivity contribution is 5.98. The molecule has 0 saturated carbocycles. The Morgan fingerprint density at radius 1 is 1.00 bits per heavy atom. The molecule has 0 fully saturated rings. The van der Waals surface area contributed by atoms with Gasteiger partial charge in [0.15, 0.2) is 0 Å². The Bertz CT molecular complexity index is 1280. The van der Waals surface area contributed by atoms with Crippen LogP contribution in [0.4, 0.5) is 5.69 Å². The molecule has 10 nitrogen and oxygen atoms in total. The van der Waals surface area contributed by atoms with Crippen molar-refractivity contribution in [3.8, 4) is 0 Å². The summed E-state index contributed by atoms with van der Waals surface area (Å²) in [5.74, 6) is -2.34. The lowest BCUT2D eigenvalue weighted by Gasteiger charge is -2.54. The van der Waals surface area contributed by atoms with Crippen molar-refractivity contribution in [1.82, 2.24) is 5.32 Å². The first-order chi connectivity index (χ1) is 19.2. The van der Waals surface area contributed by atoms with E-state index in [1.807, 2.05) is 32.1 Å². The molecule has 1 aliphatic rings. The molecule has 0 radical (unpaired) electrons. The molecule has 0 saturated heterocycles. The number of benzene rings is 2. The number of nitro groups is 1. The zero-order valence-electron chi connectivity index (χ0n) is 23.5. The standard InChI is InChI=1S/C30H36N2O8/c1-6-15-29(3)30(23-12-8-7-9-13-23,28(34)40-19-17-38-5)26(22-11-10-14-24(20-22)32(35)36)25(21(2)31-29)27(33)39-18-16-37-4/h6-15,20,26,31H,16-19H2,1-5H3. The van der Waals surface area contributed by atoms with Crippen molar-refractivity contribution in [2.45, 2.75) is 37.6 Å². The first kappa shape index (κ1) is 30.5. The molecule has 2 aromatic carbocycles. The van der Waals surface area contributed by atoms with Crippen LogP contribution in [0.25, 0.3) is 0 Å². The highest BCUT2D eigenvalue weighted by Crippen LogP contribution is 2.55. The van der Waals surface area contributed by atoms with E-state index in [0.717, 1.165) is 0 Å². The number of carbonyl (C=O) groups is 2. The number of nitrogens with zero attached hydrogens (tertiary/aromatic N) is 1. The van der Waals surface area contributed by atoms with E-state index in [2.05, 4.69) is 5.32 Å². The number of non-ortho nitro benzene ring substituents is 1. The summed E-state index contributed by atoms with van der Waals surface area (Å²) in [6.07, 6.45) is 3.66. The number of hydrogen-bond acceptors (Lipinski definition) is 9. The minimum atomic E-state index is -1.61. The van der Waals surface area contributed by atoms with Crippen molar-refractivity contribution in [3.05, 3.63) is 99.3 Å². The number of ether oxygens (including phenoxy) is 4. The van der Waals surface area contributed by atoms with Gasteiger partial charge in [-0.3, -0.25) is 14.9 Å². The van der Waals surface area contributed by atoms with Gasteiger partial charge in [-0.15, -0.1) is 0 Å². The molecule has 40 heavy (non-hydrogen) atoms. The zero-order valence-corrected chi connectivity index (χ0v) is 23.5.